The lowest BCUT2D eigenvalue weighted by Gasteiger charge is -2.15. The average Bonchev–Trinajstić information content (AvgIpc) is 2.85. The lowest BCUT2D eigenvalue weighted by molar-refractivity contribution is 0.386. The first kappa shape index (κ1) is 13.4. The van der Waals surface area contributed by atoms with Crippen molar-refractivity contribution in [3.05, 3.63) is 17.3 Å². The van der Waals surface area contributed by atoms with E-state index in [0.717, 1.165) is 23.1 Å². The second kappa shape index (κ2) is 5.71. The molecule has 1 unspecified atom stereocenters. The van der Waals surface area contributed by atoms with Crippen LogP contribution < -0.4 is 10.1 Å². The Morgan fingerprint density at radius 3 is 2.89 bits per heavy atom. The maximum atomic E-state index is 5.34. The molecule has 4 nitrogen and oxygen atoms in total. The molecule has 18 heavy (non-hydrogen) atoms. The van der Waals surface area contributed by atoms with Crippen LogP contribution in [0.15, 0.2) is 11.6 Å². The Balaban J connectivity index is 2.08. The van der Waals surface area contributed by atoms with Crippen molar-refractivity contribution in [2.45, 2.75) is 39.8 Å². The van der Waals surface area contributed by atoms with E-state index in [1.54, 1.807) is 18.4 Å². The first-order valence-corrected chi connectivity index (χ1v) is 7.21. The minimum atomic E-state index is 0.499. The first-order valence-electron chi connectivity index (χ1n) is 6.33. The third kappa shape index (κ3) is 2.84. The molecule has 2 aromatic rings. The minimum Gasteiger partial charge on any atom is -0.480 e. The first-order chi connectivity index (χ1) is 8.61. The van der Waals surface area contributed by atoms with E-state index in [9.17, 15) is 0 Å². The maximum absolute atomic E-state index is 5.34. The molecule has 0 saturated carbocycles. The number of methoxy groups -OCH3 is 1. The summed E-state index contributed by atoms with van der Waals surface area (Å²) in [4.78, 5) is 5.44. The summed E-state index contributed by atoms with van der Waals surface area (Å²) < 4.78 is 7.43. The molecule has 100 valence electrons. The van der Waals surface area contributed by atoms with Crippen molar-refractivity contribution < 1.29 is 4.74 Å². The van der Waals surface area contributed by atoms with Crippen molar-refractivity contribution in [1.29, 1.82) is 0 Å². The Morgan fingerprint density at radius 2 is 2.22 bits per heavy atom. The molecule has 5 heteroatoms. The second-order valence-electron chi connectivity index (χ2n) is 5.03. The number of hydrogen-bond donors (Lipinski definition) is 1. The molecule has 0 spiro atoms. The van der Waals surface area contributed by atoms with Crippen LogP contribution in [-0.2, 0) is 6.54 Å². The van der Waals surface area contributed by atoms with Gasteiger partial charge in [0.2, 0.25) is 5.88 Å². The largest absolute Gasteiger partial charge is 0.480 e. The van der Waals surface area contributed by atoms with Gasteiger partial charge in [0.15, 0.2) is 4.96 Å². The Hall–Kier alpha value is -1.07. The molecule has 0 fully saturated rings. The van der Waals surface area contributed by atoms with Crippen molar-refractivity contribution in [3.8, 4) is 5.88 Å². The number of thiazole rings is 1. The van der Waals surface area contributed by atoms with Crippen LogP contribution in [0.4, 0.5) is 0 Å². The van der Waals surface area contributed by atoms with Gasteiger partial charge in [0.05, 0.1) is 7.11 Å². The van der Waals surface area contributed by atoms with Crippen LogP contribution in [-0.4, -0.2) is 22.5 Å². The fourth-order valence-corrected chi connectivity index (χ4v) is 2.92. The number of fused-ring (bicyclic) bond motifs is 1. The van der Waals surface area contributed by atoms with Gasteiger partial charge >= 0.3 is 0 Å². The van der Waals surface area contributed by atoms with Crippen LogP contribution in [0.25, 0.3) is 4.96 Å². The average molecular weight is 267 g/mol. The smallest absolute Gasteiger partial charge is 0.237 e. The van der Waals surface area contributed by atoms with Gasteiger partial charge in [-0.25, -0.2) is 0 Å². The number of nitrogens with one attached hydrogen (secondary N) is 1. The summed E-state index contributed by atoms with van der Waals surface area (Å²) in [6.45, 7) is 7.50. The number of nitrogens with zero attached hydrogens (tertiary/aromatic N) is 2. The molecule has 0 radical (unpaired) electrons. The van der Waals surface area contributed by atoms with E-state index in [0.29, 0.717) is 12.0 Å². The third-order valence-electron chi connectivity index (χ3n) is 2.96. The fourth-order valence-electron chi connectivity index (χ4n) is 2.20. The molecule has 0 aliphatic carbocycles. The molecule has 2 heterocycles. The highest BCUT2D eigenvalue weighted by Crippen LogP contribution is 2.23. The van der Waals surface area contributed by atoms with Crippen molar-refractivity contribution in [1.82, 2.24) is 14.7 Å². The Kier molecular flexibility index (Phi) is 4.24. The molecule has 0 aliphatic heterocycles. The Morgan fingerprint density at radius 1 is 1.44 bits per heavy atom. The normalized spacial score (nSPS) is 13.4. The number of hydrogen-bond acceptors (Lipinski definition) is 4. The van der Waals surface area contributed by atoms with E-state index in [4.69, 9.17) is 4.74 Å². The molecule has 0 aromatic carbocycles. The summed E-state index contributed by atoms with van der Waals surface area (Å²) in [6.07, 6.45) is 3.22. The van der Waals surface area contributed by atoms with E-state index in [2.05, 4.69) is 35.5 Å². The molecule has 0 aliphatic rings. The topological polar surface area (TPSA) is 38.6 Å². The van der Waals surface area contributed by atoms with Gasteiger partial charge in [-0.05, 0) is 19.3 Å². The van der Waals surface area contributed by atoms with E-state index in [1.807, 2.05) is 11.6 Å². The summed E-state index contributed by atoms with van der Waals surface area (Å²) in [6, 6.07) is 0.499. The molecule has 1 atom stereocenters. The van der Waals surface area contributed by atoms with E-state index in [1.165, 1.54) is 6.42 Å². The third-order valence-corrected chi connectivity index (χ3v) is 3.72. The summed E-state index contributed by atoms with van der Waals surface area (Å²) in [5.41, 5.74) is 1.10. The van der Waals surface area contributed by atoms with Gasteiger partial charge in [-0.2, -0.15) is 4.98 Å². The predicted molar refractivity (Wildman–Crippen MR) is 75.4 cm³/mol. The molecule has 2 aromatic heterocycles. The van der Waals surface area contributed by atoms with Gasteiger partial charge in [-0.1, -0.05) is 13.8 Å². The highest BCUT2D eigenvalue weighted by molar-refractivity contribution is 7.15. The van der Waals surface area contributed by atoms with E-state index < -0.39 is 0 Å². The summed E-state index contributed by atoms with van der Waals surface area (Å²) in [5.74, 6) is 1.44. The number of imidazole rings is 1. The van der Waals surface area contributed by atoms with Gasteiger partial charge in [0, 0.05) is 24.2 Å². The van der Waals surface area contributed by atoms with Crippen molar-refractivity contribution in [3.63, 3.8) is 0 Å². The molecule has 1 N–H and O–H groups in total. The van der Waals surface area contributed by atoms with Crippen LogP contribution in [0.3, 0.4) is 0 Å². The van der Waals surface area contributed by atoms with E-state index >= 15 is 0 Å². The van der Waals surface area contributed by atoms with Gasteiger partial charge in [-0.3, -0.25) is 4.40 Å². The molecular weight excluding hydrogens is 246 g/mol. The maximum Gasteiger partial charge on any atom is 0.237 e. The summed E-state index contributed by atoms with van der Waals surface area (Å²) in [5, 5.41) is 5.58. The van der Waals surface area contributed by atoms with Gasteiger partial charge in [0.1, 0.15) is 5.69 Å². The molecule has 0 bridgehead atoms. The zero-order chi connectivity index (χ0) is 13.1. The van der Waals surface area contributed by atoms with Gasteiger partial charge in [-0.15, -0.1) is 11.3 Å². The van der Waals surface area contributed by atoms with Crippen LogP contribution in [0, 0.1) is 5.92 Å². The highest BCUT2D eigenvalue weighted by Gasteiger charge is 2.14. The predicted octanol–water partition coefficient (Wildman–Crippen LogP) is 2.93. The van der Waals surface area contributed by atoms with Crippen LogP contribution >= 0.6 is 11.3 Å². The monoisotopic (exact) mass is 267 g/mol. The number of ether oxygens (including phenoxy) is 1. The summed E-state index contributed by atoms with van der Waals surface area (Å²) >= 11 is 1.63. The zero-order valence-electron chi connectivity index (χ0n) is 11.4. The summed E-state index contributed by atoms with van der Waals surface area (Å²) in [7, 11) is 1.67. The van der Waals surface area contributed by atoms with E-state index in [-0.39, 0.29) is 0 Å². The Bertz CT molecular complexity index is 503. The highest BCUT2D eigenvalue weighted by atomic mass is 32.1. The second-order valence-corrected chi connectivity index (χ2v) is 5.91. The Labute approximate surface area is 112 Å². The number of rotatable bonds is 6. The van der Waals surface area contributed by atoms with Gasteiger partial charge < -0.3 is 10.1 Å². The SMILES string of the molecule is COc1nc2sccn2c1CNC(C)CC(C)C. The minimum absolute atomic E-state index is 0.499. The van der Waals surface area contributed by atoms with Crippen molar-refractivity contribution in [2.24, 2.45) is 5.92 Å². The molecule has 0 saturated heterocycles. The zero-order valence-corrected chi connectivity index (χ0v) is 12.3. The molecule has 2 rings (SSSR count). The standard InChI is InChI=1S/C13H21N3OS/c1-9(2)7-10(3)14-8-11-12(17-4)15-13-16(11)5-6-18-13/h5-6,9-10,14H,7-8H2,1-4H3. The van der Waals surface area contributed by atoms with Crippen molar-refractivity contribution in [2.75, 3.05) is 7.11 Å². The fraction of sp³-hybridized carbons (Fsp3) is 0.615. The lowest BCUT2D eigenvalue weighted by Crippen LogP contribution is -2.27. The van der Waals surface area contributed by atoms with Crippen LogP contribution in [0.5, 0.6) is 5.88 Å². The van der Waals surface area contributed by atoms with Gasteiger partial charge in [0.25, 0.3) is 0 Å². The van der Waals surface area contributed by atoms with Crippen LogP contribution in [0.2, 0.25) is 0 Å². The quantitative estimate of drug-likeness (QED) is 0.874. The van der Waals surface area contributed by atoms with Crippen molar-refractivity contribution >= 4 is 16.3 Å². The molecule has 0 amide bonds. The molecular formula is C13H21N3OS. The lowest BCUT2D eigenvalue weighted by atomic mass is 10.1. The number of aromatic nitrogens is 2. The van der Waals surface area contributed by atoms with Crippen LogP contribution in [0.1, 0.15) is 32.9 Å².